The summed E-state index contributed by atoms with van der Waals surface area (Å²) in [6.45, 7) is 6.80. The smallest absolute Gasteiger partial charge is 0.185 e. The van der Waals surface area contributed by atoms with Gasteiger partial charge < -0.3 is 0 Å². The van der Waals surface area contributed by atoms with E-state index in [1.807, 2.05) is 12.4 Å². The Balaban J connectivity index is 2.51. The lowest BCUT2D eigenvalue weighted by atomic mass is 10.4. The third-order valence-corrected chi connectivity index (χ3v) is 1.65. The third-order valence-electron chi connectivity index (χ3n) is 1.65. The molecular weight excluding hydrogens is 112 g/mol. The summed E-state index contributed by atoms with van der Waals surface area (Å²) < 4.78 is 0.934. The number of aliphatic imine (C=N–C) groups is 1. The molecule has 9 heavy (non-hydrogen) atoms. The highest BCUT2D eigenvalue weighted by atomic mass is 15.4. The van der Waals surface area contributed by atoms with E-state index in [-0.39, 0.29) is 0 Å². The van der Waals surface area contributed by atoms with E-state index >= 15 is 0 Å². The SMILES string of the molecule is C=CC[N+]1(C)C=NCC1. The van der Waals surface area contributed by atoms with Crippen LogP contribution in [0.25, 0.3) is 0 Å². The lowest BCUT2D eigenvalue weighted by Gasteiger charge is -2.22. The first-order valence-corrected chi connectivity index (χ1v) is 3.23. The van der Waals surface area contributed by atoms with Crippen LogP contribution >= 0.6 is 0 Å². The van der Waals surface area contributed by atoms with E-state index in [1.54, 1.807) is 0 Å². The van der Waals surface area contributed by atoms with Gasteiger partial charge in [0.15, 0.2) is 6.34 Å². The largest absolute Gasteiger partial charge is 0.279 e. The van der Waals surface area contributed by atoms with Gasteiger partial charge in [0, 0.05) is 0 Å². The maximum absolute atomic E-state index is 4.15. The fraction of sp³-hybridized carbons (Fsp3) is 0.571. The molecule has 1 aliphatic rings. The molecular formula is C7H13N2+. The van der Waals surface area contributed by atoms with Crippen molar-refractivity contribution in [2.75, 3.05) is 26.7 Å². The van der Waals surface area contributed by atoms with Crippen molar-refractivity contribution in [1.29, 1.82) is 0 Å². The Bertz CT molecular complexity index is 140. The zero-order chi connectivity index (χ0) is 6.74. The number of hydrogen-bond acceptors (Lipinski definition) is 1. The summed E-state index contributed by atoms with van der Waals surface area (Å²) in [6, 6.07) is 0. The molecule has 0 N–H and O–H groups in total. The molecule has 0 radical (unpaired) electrons. The molecule has 0 aromatic carbocycles. The Hall–Kier alpha value is -0.630. The first-order valence-electron chi connectivity index (χ1n) is 3.23. The van der Waals surface area contributed by atoms with Gasteiger partial charge in [-0.05, 0) is 6.08 Å². The average molecular weight is 125 g/mol. The summed E-state index contributed by atoms with van der Waals surface area (Å²) in [7, 11) is 2.16. The topological polar surface area (TPSA) is 12.4 Å². The molecule has 2 nitrogen and oxygen atoms in total. The van der Waals surface area contributed by atoms with Gasteiger partial charge >= 0.3 is 0 Å². The minimum Gasteiger partial charge on any atom is -0.279 e. The summed E-state index contributed by atoms with van der Waals surface area (Å²) >= 11 is 0. The molecule has 2 heteroatoms. The van der Waals surface area contributed by atoms with E-state index in [0.717, 1.165) is 24.1 Å². The molecule has 1 atom stereocenters. The summed E-state index contributed by atoms with van der Waals surface area (Å²) in [4.78, 5) is 4.15. The van der Waals surface area contributed by atoms with Crippen molar-refractivity contribution in [2.24, 2.45) is 4.99 Å². The van der Waals surface area contributed by atoms with E-state index in [1.165, 1.54) is 0 Å². The summed E-state index contributed by atoms with van der Waals surface area (Å²) in [5.41, 5.74) is 0. The van der Waals surface area contributed by atoms with Crippen molar-refractivity contribution in [3.8, 4) is 0 Å². The van der Waals surface area contributed by atoms with Crippen LogP contribution in [0.2, 0.25) is 0 Å². The van der Waals surface area contributed by atoms with Crippen LogP contribution in [0.4, 0.5) is 0 Å². The third kappa shape index (κ3) is 1.39. The molecule has 0 bridgehead atoms. The molecule has 0 aromatic rings. The van der Waals surface area contributed by atoms with Gasteiger partial charge in [-0.2, -0.15) is 0 Å². The Morgan fingerprint density at radius 1 is 1.89 bits per heavy atom. The van der Waals surface area contributed by atoms with Crippen LogP contribution < -0.4 is 0 Å². The predicted molar refractivity (Wildman–Crippen MR) is 39.5 cm³/mol. The van der Waals surface area contributed by atoms with E-state index in [0.29, 0.717) is 0 Å². The second-order valence-electron chi connectivity index (χ2n) is 2.70. The van der Waals surface area contributed by atoms with E-state index in [2.05, 4.69) is 18.6 Å². The molecule has 0 aliphatic carbocycles. The second-order valence-corrected chi connectivity index (χ2v) is 2.70. The van der Waals surface area contributed by atoms with Crippen LogP contribution in [0.5, 0.6) is 0 Å². The van der Waals surface area contributed by atoms with Crippen LogP contribution in [0.1, 0.15) is 0 Å². The van der Waals surface area contributed by atoms with Crippen LogP contribution in [0.3, 0.4) is 0 Å². The molecule has 0 fully saturated rings. The molecule has 1 aliphatic heterocycles. The molecule has 50 valence electrons. The second kappa shape index (κ2) is 2.31. The van der Waals surface area contributed by atoms with Crippen molar-refractivity contribution in [1.82, 2.24) is 0 Å². The molecule has 1 rings (SSSR count). The number of likely N-dealkylation sites (N-methyl/N-ethyl adjacent to an activating group) is 1. The van der Waals surface area contributed by atoms with Gasteiger partial charge in [-0.3, -0.25) is 4.48 Å². The van der Waals surface area contributed by atoms with Gasteiger partial charge in [0.05, 0.1) is 13.6 Å². The minimum atomic E-state index is 0.934. The first-order chi connectivity index (χ1) is 4.27. The fourth-order valence-electron chi connectivity index (χ4n) is 1.03. The van der Waals surface area contributed by atoms with Gasteiger partial charge in [0.25, 0.3) is 0 Å². The zero-order valence-electron chi connectivity index (χ0n) is 5.88. The molecule has 0 aromatic heterocycles. The highest BCUT2D eigenvalue weighted by Crippen LogP contribution is 2.03. The Morgan fingerprint density at radius 3 is 3.11 bits per heavy atom. The predicted octanol–water partition coefficient (Wildman–Crippen LogP) is 0.661. The van der Waals surface area contributed by atoms with E-state index in [9.17, 15) is 0 Å². The number of nitrogens with zero attached hydrogens (tertiary/aromatic N) is 2. The van der Waals surface area contributed by atoms with Crippen molar-refractivity contribution in [3.63, 3.8) is 0 Å². The van der Waals surface area contributed by atoms with Gasteiger partial charge in [-0.25, -0.2) is 4.99 Å². The van der Waals surface area contributed by atoms with Gasteiger partial charge in [-0.15, -0.1) is 0 Å². The first kappa shape index (κ1) is 6.49. The molecule has 0 saturated carbocycles. The number of hydrogen-bond donors (Lipinski definition) is 0. The fourth-order valence-corrected chi connectivity index (χ4v) is 1.03. The highest BCUT2D eigenvalue weighted by Gasteiger charge is 2.20. The van der Waals surface area contributed by atoms with Gasteiger partial charge in [0.1, 0.15) is 13.1 Å². The standard InChI is InChI=1S/C7H13N2/c1-3-5-9(2)6-4-8-7-9/h3,7H,1,4-6H2,2H3/q+1. The number of rotatable bonds is 2. The summed E-state index contributed by atoms with van der Waals surface area (Å²) in [6.07, 6.45) is 3.94. The zero-order valence-corrected chi connectivity index (χ0v) is 5.88. The van der Waals surface area contributed by atoms with Crippen molar-refractivity contribution in [2.45, 2.75) is 0 Å². The maximum Gasteiger partial charge on any atom is 0.185 e. The Labute approximate surface area is 56.1 Å². The van der Waals surface area contributed by atoms with E-state index < -0.39 is 0 Å². The molecule has 0 amide bonds. The van der Waals surface area contributed by atoms with Crippen molar-refractivity contribution >= 4 is 6.34 Å². The normalized spacial score (nSPS) is 33.0. The van der Waals surface area contributed by atoms with Crippen LogP contribution in [-0.4, -0.2) is 37.5 Å². The molecule has 1 heterocycles. The molecule has 1 unspecified atom stereocenters. The molecule has 0 saturated heterocycles. The quantitative estimate of drug-likeness (QED) is 0.380. The average Bonchev–Trinajstić information content (AvgIpc) is 2.16. The Morgan fingerprint density at radius 2 is 2.67 bits per heavy atom. The van der Waals surface area contributed by atoms with Crippen molar-refractivity contribution < 1.29 is 4.48 Å². The monoisotopic (exact) mass is 125 g/mol. The maximum atomic E-state index is 4.15. The van der Waals surface area contributed by atoms with Crippen LogP contribution in [0, 0.1) is 0 Å². The van der Waals surface area contributed by atoms with Gasteiger partial charge in [-0.1, -0.05) is 6.58 Å². The summed E-state index contributed by atoms with van der Waals surface area (Å²) in [5.74, 6) is 0. The van der Waals surface area contributed by atoms with Crippen LogP contribution in [0.15, 0.2) is 17.6 Å². The highest BCUT2D eigenvalue weighted by molar-refractivity contribution is 5.48. The molecule has 0 spiro atoms. The summed E-state index contributed by atoms with van der Waals surface area (Å²) in [5, 5.41) is 0. The number of quaternary nitrogens is 1. The Kier molecular flexibility index (Phi) is 1.67. The van der Waals surface area contributed by atoms with E-state index in [4.69, 9.17) is 0 Å². The lowest BCUT2D eigenvalue weighted by Crippen LogP contribution is -2.40. The lowest BCUT2D eigenvalue weighted by molar-refractivity contribution is -0.800. The minimum absolute atomic E-state index is 0.934. The van der Waals surface area contributed by atoms with Crippen LogP contribution in [-0.2, 0) is 0 Å². The van der Waals surface area contributed by atoms with Gasteiger partial charge in [0.2, 0.25) is 0 Å². The van der Waals surface area contributed by atoms with Crippen molar-refractivity contribution in [3.05, 3.63) is 12.7 Å².